The lowest BCUT2D eigenvalue weighted by Gasteiger charge is -1.97. The Labute approximate surface area is 121 Å². The van der Waals surface area contributed by atoms with Gasteiger partial charge >= 0.3 is 0 Å². The maximum Gasteiger partial charge on any atom is 0.256 e. The van der Waals surface area contributed by atoms with Crippen molar-refractivity contribution in [2.45, 2.75) is 0 Å². The first-order chi connectivity index (χ1) is 8.63. The van der Waals surface area contributed by atoms with Crippen LogP contribution in [0, 0.1) is 0 Å². The molecule has 0 fully saturated rings. The van der Waals surface area contributed by atoms with Gasteiger partial charge in [0.25, 0.3) is 5.91 Å². The van der Waals surface area contributed by atoms with E-state index in [0.717, 1.165) is 20.6 Å². The lowest BCUT2D eigenvalue weighted by atomic mass is 10.1. The predicted molar refractivity (Wildman–Crippen MR) is 80.0 cm³/mol. The van der Waals surface area contributed by atoms with Gasteiger partial charge in [0, 0.05) is 25.3 Å². The zero-order valence-electron chi connectivity index (χ0n) is 9.04. The highest BCUT2D eigenvalue weighted by atomic mass is 79.9. The Morgan fingerprint density at radius 1 is 1.33 bits per heavy atom. The number of fused-ring (bicyclic) bond motifs is 1. The maximum absolute atomic E-state index is 11.9. The molecule has 0 bridgehead atoms. The normalized spacial score (nSPS) is 15.9. The first-order valence-electron chi connectivity index (χ1n) is 5.20. The molecule has 90 valence electrons. The second-order valence-electron chi connectivity index (χ2n) is 3.87. The summed E-state index contributed by atoms with van der Waals surface area (Å²) < 4.78 is 1.02. The summed E-state index contributed by atoms with van der Waals surface area (Å²) in [6.07, 6.45) is 1.89. The van der Waals surface area contributed by atoms with Crippen molar-refractivity contribution in [1.82, 2.24) is 0 Å². The molecule has 1 N–H and O–H groups in total. The average Bonchev–Trinajstić information content (AvgIpc) is 2.84. The molecule has 0 aliphatic carbocycles. The minimum Gasteiger partial charge on any atom is -0.321 e. The lowest BCUT2D eigenvalue weighted by Crippen LogP contribution is -2.03. The van der Waals surface area contributed by atoms with Crippen LogP contribution in [0.4, 0.5) is 5.69 Å². The number of amides is 1. The monoisotopic (exact) mass is 339 g/mol. The highest BCUT2D eigenvalue weighted by Crippen LogP contribution is 2.35. The van der Waals surface area contributed by atoms with Gasteiger partial charge in [-0.25, -0.2) is 0 Å². The minimum atomic E-state index is -0.0863. The Morgan fingerprint density at radius 3 is 2.89 bits per heavy atom. The van der Waals surface area contributed by atoms with Gasteiger partial charge in [-0.05, 0) is 40.2 Å². The Morgan fingerprint density at radius 2 is 2.17 bits per heavy atom. The van der Waals surface area contributed by atoms with Crippen LogP contribution >= 0.6 is 38.9 Å². The predicted octanol–water partition coefficient (Wildman–Crippen LogP) is 4.66. The van der Waals surface area contributed by atoms with Crippen LogP contribution in [-0.4, -0.2) is 5.91 Å². The van der Waals surface area contributed by atoms with Crippen molar-refractivity contribution in [3.05, 3.63) is 49.6 Å². The SMILES string of the molecule is O=C1Nc2cc(Cl)ccc2C1=Cc1cc(Br)cs1. The van der Waals surface area contributed by atoms with Crippen LogP contribution in [0.25, 0.3) is 11.6 Å². The van der Waals surface area contributed by atoms with Gasteiger partial charge in [0.2, 0.25) is 0 Å². The molecule has 0 saturated heterocycles. The summed E-state index contributed by atoms with van der Waals surface area (Å²) in [5, 5.41) is 5.42. The fourth-order valence-electron chi connectivity index (χ4n) is 1.86. The molecule has 18 heavy (non-hydrogen) atoms. The van der Waals surface area contributed by atoms with E-state index in [4.69, 9.17) is 11.6 Å². The van der Waals surface area contributed by atoms with Gasteiger partial charge in [0.15, 0.2) is 0 Å². The molecular weight excluding hydrogens is 334 g/mol. The molecule has 1 aromatic carbocycles. The molecule has 0 spiro atoms. The first-order valence-corrected chi connectivity index (χ1v) is 7.25. The minimum absolute atomic E-state index is 0.0863. The fraction of sp³-hybridized carbons (Fsp3) is 0. The summed E-state index contributed by atoms with van der Waals surface area (Å²) in [5.41, 5.74) is 2.35. The topological polar surface area (TPSA) is 29.1 Å². The standard InChI is InChI=1S/C13H7BrClNOS/c14-7-3-9(18-6-7)5-11-10-2-1-8(15)4-12(10)16-13(11)17/h1-6H,(H,16,17). The number of carbonyl (C=O) groups excluding carboxylic acids is 1. The van der Waals surface area contributed by atoms with Crippen LogP contribution in [-0.2, 0) is 4.79 Å². The van der Waals surface area contributed by atoms with Gasteiger partial charge in [-0.1, -0.05) is 17.7 Å². The number of hydrogen-bond donors (Lipinski definition) is 1. The Hall–Kier alpha value is -1.10. The van der Waals surface area contributed by atoms with E-state index < -0.39 is 0 Å². The highest BCUT2D eigenvalue weighted by Gasteiger charge is 2.24. The van der Waals surface area contributed by atoms with Crippen molar-refractivity contribution in [3.63, 3.8) is 0 Å². The first kappa shape index (κ1) is 12.0. The molecule has 0 unspecified atom stereocenters. The summed E-state index contributed by atoms with van der Waals surface area (Å²) in [5.74, 6) is -0.0863. The Bertz CT molecular complexity index is 677. The molecule has 1 aliphatic heterocycles. The van der Waals surface area contributed by atoms with Crippen LogP contribution in [0.3, 0.4) is 0 Å². The van der Waals surface area contributed by atoms with Crippen LogP contribution in [0.5, 0.6) is 0 Å². The van der Waals surface area contributed by atoms with E-state index in [0.29, 0.717) is 10.6 Å². The highest BCUT2D eigenvalue weighted by molar-refractivity contribution is 9.10. The molecule has 5 heteroatoms. The molecule has 2 aromatic rings. The van der Waals surface area contributed by atoms with E-state index >= 15 is 0 Å². The lowest BCUT2D eigenvalue weighted by molar-refractivity contribution is -0.110. The van der Waals surface area contributed by atoms with Crippen molar-refractivity contribution < 1.29 is 4.79 Å². The summed E-state index contributed by atoms with van der Waals surface area (Å²) in [6.45, 7) is 0. The van der Waals surface area contributed by atoms with E-state index in [-0.39, 0.29) is 5.91 Å². The van der Waals surface area contributed by atoms with E-state index in [9.17, 15) is 4.79 Å². The zero-order chi connectivity index (χ0) is 12.7. The summed E-state index contributed by atoms with van der Waals surface area (Å²) in [4.78, 5) is 13.0. The van der Waals surface area contributed by atoms with Crippen LogP contribution in [0.1, 0.15) is 10.4 Å². The van der Waals surface area contributed by atoms with Gasteiger partial charge in [-0.15, -0.1) is 11.3 Å². The number of carbonyl (C=O) groups is 1. The van der Waals surface area contributed by atoms with Crippen LogP contribution < -0.4 is 5.32 Å². The molecule has 1 amide bonds. The molecule has 1 aliphatic rings. The summed E-state index contributed by atoms with van der Waals surface area (Å²) >= 11 is 10.9. The number of hydrogen-bond acceptors (Lipinski definition) is 2. The second kappa shape index (κ2) is 4.53. The molecule has 0 atom stereocenters. The number of halogens is 2. The number of nitrogens with one attached hydrogen (secondary N) is 1. The maximum atomic E-state index is 11.9. The molecule has 0 saturated carbocycles. The summed E-state index contributed by atoms with van der Waals surface area (Å²) in [7, 11) is 0. The van der Waals surface area contributed by atoms with Gasteiger partial charge < -0.3 is 5.32 Å². The number of thiophene rings is 1. The quantitative estimate of drug-likeness (QED) is 0.752. The third-order valence-corrected chi connectivity index (χ3v) is 4.51. The van der Waals surface area contributed by atoms with Crippen molar-refractivity contribution in [2.24, 2.45) is 0 Å². The third-order valence-electron chi connectivity index (χ3n) is 2.64. The largest absolute Gasteiger partial charge is 0.321 e. The second-order valence-corrected chi connectivity index (χ2v) is 6.16. The molecule has 1 aromatic heterocycles. The zero-order valence-corrected chi connectivity index (χ0v) is 12.2. The van der Waals surface area contributed by atoms with Gasteiger partial charge in [0.1, 0.15) is 0 Å². The number of anilines is 1. The smallest absolute Gasteiger partial charge is 0.256 e. The van der Waals surface area contributed by atoms with Gasteiger partial charge in [-0.2, -0.15) is 0 Å². The number of rotatable bonds is 1. The van der Waals surface area contributed by atoms with Gasteiger partial charge in [-0.3, -0.25) is 4.79 Å². The molecule has 2 nitrogen and oxygen atoms in total. The van der Waals surface area contributed by atoms with Crippen molar-refractivity contribution in [3.8, 4) is 0 Å². The van der Waals surface area contributed by atoms with E-state index in [1.54, 1.807) is 23.5 Å². The molecule has 2 heterocycles. The van der Waals surface area contributed by atoms with Crippen LogP contribution in [0.2, 0.25) is 5.02 Å². The van der Waals surface area contributed by atoms with Crippen LogP contribution in [0.15, 0.2) is 34.1 Å². The van der Waals surface area contributed by atoms with Crippen molar-refractivity contribution in [1.29, 1.82) is 0 Å². The third kappa shape index (κ3) is 2.11. The van der Waals surface area contributed by atoms with E-state index in [1.165, 1.54) is 0 Å². The van der Waals surface area contributed by atoms with Gasteiger partial charge in [0.05, 0.1) is 11.3 Å². The Balaban J connectivity index is 2.09. The fourth-order valence-corrected chi connectivity index (χ4v) is 3.40. The molecule has 0 radical (unpaired) electrons. The molecular formula is C13H7BrClNOS. The van der Waals surface area contributed by atoms with E-state index in [1.807, 2.05) is 23.6 Å². The number of benzene rings is 1. The molecule has 3 rings (SSSR count). The van der Waals surface area contributed by atoms with Crippen molar-refractivity contribution >= 4 is 62.1 Å². The Kier molecular flexibility index (Phi) is 3.01. The average molecular weight is 341 g/mol. The van der Waals surface area contributed by atoms with E-state index in [2.05, 4.69) is 21.2 Å². The summed E-state index contributed by atoms with van der Waals surface area (Å²) in [6, 6.07) is 7.40. The van der Waals surface area contributed by atoms with Crippen molar-refractivity contribution in [2.75, 3.05) is 5.32 Å².